The van der Waals surface area contributed by atoms with E-state index in [0.29, 0.717) is 22.8 Å². The van der Waals surface area contributed by atoms with Crippen LogP contribution in [0.15, 0.2) is 60.8 Å². The van der Waals surface area contributed by atoms with Crippen LogP contribution in [0, 0.1) is 10.1 Å². The Labute approximate surface area is 182 Å². The molecule has 1 aromatic heterocycles. The number of nitrogens with one attached hydrogen (secondary N) is 1. The van der Waals surface area contributed by atoms with E-state index < -0.39 is 16.9 Å². The number of nitro groups is 1. The summed E-state index contributed by atoms with van der Waals surface area (Å²) < 4.78 is 1.34. The first-order valence-electron chi connectivity index (χ1n) is 9.46. The average Bonchev–Trinajstić information content (AvgIpc) is 3.39. The van der Waals surface area contributed by atoms with E-state index in [4.69, 9.17) is 11.6 Å². The number of aromatic hydroxyl groups is 1. The van der Waals surface area contributed by atoms with Crippen molar-refractivity contribution in [2.24, 2.45) is 0 Å². The third kappa shape index (κ3) is 3.82. The number of aromatic nitrogens is 2. The van der Waals surface area contributed by atoms with Crippen molar-refractivity contribution in [2.75, 3.05) is 0 Å². The zero-order valence-electron chi connectivity index (χ0n) is 16.4. The van der Waals surface area contributed by atoms with Gasteiger partial charge in [-0.2, -0.15) is 5.10 Å². The van der Waals surface area contributed by atoms with Gasteiger partial charge in [0.25, 0.3) is 0 Å². The number of phenols is 1. The molecule has 4 rings (SSSR count). The first-order chi connectivity index (χ1) is 14.9. The van der Waals surface area contributed by atoms with E-state index in [-0.39, 0.29) is 17.1 Å². The quantitative estimate of drug-likeness (QED) is 0.460. The van der Waals surface area contributed by atoms with Crippen molar-refractivity contribution in [1.29, 1.82) is 0 Å². The molecule has 10 heteroatoms. The summed E-state index contributed by atoms with van der Waals surface area (Å²) in [5, 5.41) is 27.8. The SMILES string of the molecule is CCn1cc([N+](=O)[O-])c(C(=O)N2NC(c3ccc(Cl)cc3)=CC2c2ccccc2O)n1. The lowest BCUT2D eigenvalue weighted by molar-refractivity contribution is -0.385. The highest BCUT2D eigenvalue weighted by molar-refractivity contribution is 6.30. The molecule has 1 unspecified atom stereocenters. The molecular formula is C21H18ClN5O4. The van der Waals surface area contributed by atoms with Gasteiger partial charge in [-0.15, -0.1) is 0 Å². The van der Waals surface area contributed by atoms with Gasteiger partial charge in [0, 0.05) is 17.1 Å². The van der Waals surface area contributed by atoms with Gasteiger partial charge in [-0.3, -0.25) is 25.0 Å². The molecule has 1 amide bonds. The number of benzene rings is 2. The standard InChI is InChI=1S/C21H18ClN5O4/c1-2-25-12-18(27(30)31)20(24-25)21(29)26-17(15-5-3-4-6-19(15)28)11-16(23-26)13-7-9-14(22)10-8-13/h3-12,17,23,28H,2H2,1H3. The third-order valence-corrected chi connectivity index (χ3v) is 5.19. The van der Waals surface area contributed by atoms with Crippen molar-refractivity contribution >= 4 is 28.9 Å². The molecule has 158 valence electrons. The van der Waals surface area contributed by atoms with Crippen LogP contribution in [-0.4, -0.2) is 30.7 Å². The largest absolute Gasteiger partial charge is 0.508 e. The number of aryl methyl sites for hydroxylation is 1. The molecule has 2 heterocycles. The van der Waals surface area contributed by atoms with Crippen molar-refractivity contribution in [3.8, 4) is 5.75 Å². The molecule has 0 radical (unpaired) electrons. The molecule has 9 nitrogen and oxygen atoms in total. The molecule has 0 aliphatic carbocycles. The second kappa shape index (κ2) is 8.11. The fourth-order valence-electron chi connectivity index (χ4n) is 3.38. The molecule has 3 aromatic rings. The topological polar surface area (TPSA) is 114 Å². The second-order valence-electron chi connectivity index (χ2n) is 6.85. The van der Waals surface area contributed by atoms with E-state index in [9.17, 15) is 20.0 Å². The van der Waals surface area contributed by atoms with E-state index in [2.05, 4.69) is 10.5 Å². The smallest absolute Gasteiger partial charge is 0.320 e. The van der Waals surface area contributed by atoms with Crippen molar-refractivity contribution < 1.29 is 14.8 Å². The highest BCUT2D eigenvalue weighted by Gasteiger charge is 2.37. The Morgan fingerprint density at radius 3 is 2.61 bits per heavy atom. The normalized spacial score (nSPS) is 15.5. The van der Waals surface area contributed by atoms with Gasteiger partial charge in [0.15, 0.2) is 0 Å². The van der Waals surface area contributed by atoms with Crippen LogP contribution in [0.2, 0.25) is 5.02 Å². The van der Waals surface area contributed by atoms with Crippen molar-refractivity contribution in [3.63, 3.8) is 0 Å². The molecule has 1 atom stereocenters. The summed E-state index contributed by atoms with van der Waals surface area (Å²) in [6.45, 7) is 2.14. The van der Waals surface area contributed by atoms with Crippen LogP contribution in [0.4, 0.5) is 5.69 Å². The summed E-state index contributed by atoms with van der Waals surface area (Å²) >= 11 is 5.97. The van der Waals surface area contributed by atoms with Crippen LogP contribution in [0.1, 0.15) is 34.6 Å². The van der Waals surface area contributed by atoms with Crippen LogP contribution in [0.5, 0.6) is 5.75 Å². The summed E-state index contributed by atoms with van der Waals surface area (Å²) in [5.41, 5.74) is 4.16. The number of amides is 1. The zero-order chi connectivity index (χ0) is 22.1. The minimum Gasteiger partial charge on any atom is -0.508 e. The van der Waals surface area contributed by atoms with Crippen LogP contribution >= 0.6 is 11.6 Å². The van der Waals surface area contributed by atoms with Gasteiger partial charge in [0.2, 0.25) is 5.69 Å². The molecule has 2 N–H and O–H groups in total. The first kappa shape index (κ1) is 20.4. The molecule has 31 heavy (non-hydrogen) atoms. The number of hydrazine groups is 1. The fraction of sp³-hybridized carbons (Fsp3) is 0.143. The van der Waals surface area contributed by atoms with Gasteiger partial charge >= 0.3 is 11.6 Å². The van der Waals surface area contributed by atoms with E-state index in [1.165, 1.54) is 22.0 Å². The number of hydrogen-bond donors (Lipinski definition) is 2. The summed E-state index contributed by atoms with van der Waals surface area (Å²) in [5.74, 6) is -0.693. The molecule has 2 aromatic carbocycles. The van der Waals surface area contributed by atoms with Crippen LogP contribution in [0.3, 0.4) is 0 Å². The first-order valence-corrected chi connectivity index (χ1v) is 9.84. The van der Waals surface area contributed by atoms with Crippen LogP contribution in [-0.2, 0) is 6.54 Å². The third-order valence-electron chi connectivity index (χ3n) is 4.94. The van der Waals surface area contributed by atoms with Gasteiger partial charge in [0.1, 0.15) is 18.0 Å². The molecule has 0 spiro atoms. The Kier molecular flexibility index (Phi) is 5.35. The van der Waals surface area contributed by atoms with Crippen LogP contribution in [0.25, 0.3) is 5.70 Å². The molecule has 1 aliphatic rings. The summed E-state index contributed by atoms with van der Waals surface area (Å²) in [4.78, 5) is 24.2. The molecule has 0 saturated carbocycles. The minimum absolute atomic E-state index is 0.00528. The Bertz CT molecular complexity index is 1190. The highest BCUT2D eigenvalue weighted by Crippen LogP contribution is 2.37. The van der Waals surface area contributed by atoms with E-state index >= 15 is 0 Å². The van der Waals surface area contributed by atoms with Crippen molar-refractivity contribution in [2.45, 2.75) is 19.5 Å². The van der Waals surface area contributed by atoms with E-state index in [1.54, 1.807) is 55.5 Å². The number of carbonyl (C=O) groups excluding carboxylic acids is 1. The number of phenolic OH excluding ortho intramolecular Hbond substituents is 1. The molecule has 0 bridgehead atoms. The number of para-hydroxylation sites is 1. The highest BCUT2D eigenvalue weighted by atomic mass is 35.5. The summed E-state index contributed by atoms with van der Waals surface area (Å²) in [7, 11) is 0. The van der Waals surface area contributed by atoms with Gasteiger partial charge in [-0.25, -0.2) is 5.01 Å². The Morgan fingerprint density at radius 1 is 1.26 bits per heavy atom. The maximum Gasteiger partial charge on any atom is 0.320 e. The lowest BCUT2D eigenvalue weighted by Crippen LogP contribution is -2.40. The van der Waals surface area contributed by atoms with Gasteiger partial charge in [0.05, 0.1) is 10.6 Å². The lowest BCUT2D eigenvalue weighted by Gasteiger charge is -2.25. The number of carbonyl (C=O) groups is 1. The number of nitrogens with zero attached hydrogens (tertiary/aromatic N) is 4. The fourth-order valence-corrected chi connectivity index (χ4v) is 3.50. The predicted octanol–water partition coefficient (Wildman–Crippen LogP) is 3.91. The summed E-state index contributed by atoms with van der Waals surface area (Å²) in [6.07, 6.45) is 2.99. The molecular weight excluding hydrogens is 422 g/mol. The average molecular weight is 440 g/mol. The van der Waals surface area contributed by atoms with Crippen LogP contribution < -0.4 is 5.43 Å². The van der Waals surface area contributed by atoms with E-state index in [0.717, 1.165) is 5.56 Å². The lowest BCUT2D eigenvalue weighted by atomic mass is 10.0. The van der Waals surface area contributed by atoms with Gasteiger partial charge in [-0.1, -0.05) is 41.9 Å². The Balaban J connectivity index is 1.78. The number of halogens is 1. The van der Waals surface area contributed by atoms with Gasteiger partial charge in [-0.05, 0) is 36.8 Å². The molecule has 0 fully saturated rings. The zero-order valence-corrected chi connectivity index (χ0v) is 17.2. The van der Waals surface area contributed by atoms with Crippen molar-refractivity contribution in [1.82, 2.24) is 20.2 Å². The van der Waals surface area contributed by atoms with Crippen molar-refractivity contribution in [3.05, 3.63) is 92.8 Å². The maximum atomic E-state index is 13.4. The predicted molar refractivity (Wildman–Crippen MR) is 114 cm³/mol. The van der Waals surface area contributed by atoms with E-state index in [1.807, 2.05) is 0 Å². The Morgan fingerprint density at radius 2 is 1.97 bits per heavy atom. The number of rotatable bonds is 5. The number of hydrogen-bond acceptors (Lipinski definition) is 6. The Hall–Kier alpha value is -3.85. The maximum absolute atomic E-state index is 13.4. The monoisotopic (exact) mass is 439 g/mol. The van der Waals surface area contributed by atoms with Gasteiger partial charge < -0.3 is 5.11 Å². The summed E-state index contributed by atoms with van der Waals surface area (Å²) in [6, 6.07) is 12.9. The second-order valence-corrected chi connectivity index (χ2v) is 7.29. The minimum atomic E-state index is -0.717. The molecule has 1 aliphatic heterocycles. The molecule has 0 saturated heterocycles.